The summed E-state index contributed by atoms with van der Waals surface area (Å²) in [5.74, 6) is 0.824. The molecule has 1 aliphatic heterocycles. The van der Waals surface area contributed by atoms with Crippen molar-refractivity contribution < 1.29 is 9.47 Å². The average Bonchev–Trinajstić information content (AvgIpc) is 3.20. The van der Waals surface area contributed by atoms with E-state index in [-0.39, 0.29) is 24.0 Å². The highest BCUT2D eigenvalue weighted by Gasteiger charge is 2.14. The second-order valence-electron chi connectivity index (χ2n) is 7.07. The number of ether oxygens (including phenoxy) is 2. The Labute approximate surface area is 187 Å². The summed E-state index contributed by atoms with van der Waals surface area (Å²) in [7, 11) is 3.94. The van der Waals surface area contributed by atoms with E-state index in [0.717, 1.165) is 71.2 Å². The largest absolute Gasteiger partial charge is 0.379 e. The van der Waals surface area contributed by atoms with Gasteiger partial charge in [0.05, 0.1) is 12.7 Å². The summed E-state index contributed by atoms with van der Waals surface area (Å²) in [5, 5.41) is 6.72. The lowest BCUT2D eigenvalue weighted by Gasteiger charge is -2.15. The lowest BCUT2D eigenvalue weighted by atomic mass is 10.1. The van der Waals surface area contributed by atoms with Crippen LogP contribution < -0.4 is 10.6 Å². The van der Waals surface area contributed by atoms with Gasteiger partial charge in [-0.05, 0) is 44.0 Å². The van der Waals surface area contributed by atoms with Crippen LogP contribution in [0.4, 0.5) is 0 Å². The number of guanidine groups is 1. The summed E-state index contributed by atoms with van der Waals surface area (Å²) in [6.07, 6.45) is 3.55. The molecule has 1 unspecified atom stereocenters. The maximum atomic E-state index is 5.69. The van der Waals surface area contributed by atoms with Crippen LogP contribution in [0.5, 0.6) is 0 Å². The zero-order valence-electron chi connectivity index (χ0n) is 17.6. The van der Waals surface area contributed by atoms with Gasteiger partial charge in [0, 0.05) is 39.9 Å². The number of aliphatic imine (C=N–C) groups is 1. The predicted octanol–water partition coefficient (Wildman–Crippen LogP) is 3.01. The topological polar surface area (TPSA) is 58.1 Å². The van der Waals surface area contributed by atoms with Crippen LogP contribution in [0.2, 0.25) is 0 Å². The molecule has 1 aliphatic rings. The van der Waals surface area contributed by atoms with Crippen LogP contribution in [0.25, 0.3) is 0 Å². The van der Waals surface area contributed by atoms with E-state index in [1.165, 1.54) is 11.1 Å². The first-order valence-electron chi connectivity index (χ1n) is 10.1. The number of rotatable bonds is 11. The fourth-order valence-corrected chi connectivity index (χ4v) is 3.04. The van der Waals surface area contributed by atoms with Gasteiger partial charge in [-0.25, -0.2) is 0 Å². The first-order chi connectivity index (χ1) is 13.2. The lowest BCUT2D eigenvalue weighted by molar-refractivity contribution is 0.0168. The number of nitrogens with zero attached hydrogens (tertiary/aromatic N) is 2. The number of hydrogen-bond donors (Lipinski definition) is 2. The first-order valence-corrected chi connectivity index (χ1v) is 10.1. The molecule has 1 atom stereocenters. The molecule has 1 aromatic rings. The first kappa shape index (κ1) is 25.1. The molecule has 2 N–H and O–H groups in total. The summed E-state index contributed by atoms with van der Waals surface area (Å²) < 4.78 is 11.2. The zero-order chi connectivity index (χ0) is 19.3. The summed E-state index contributed by atoms with van der Waals surface area (Å²) >= 11 is 0. The molecule has 0 bridgehead atoms. The van der Waals surface area contributed by atoms with Crippen molar-refractivity contribution in [3.63, 3.8) is 0 Å². The fourth-order valence-electron chi connectivity index (χ4n) is 3.04. The molecule has 1 fully saturated rings. The van der Waals surface area contributed by atoms with Gasteiger partial charge >= 0.3 is 0 Å². The molecular formula is C21H37IN4O2. The van der Waals surface area contributed by atoms with Gasteiger partial charge in [-0.2, -0.15) is 0 Å². The van der Waals surface area contributed by atoms with Crippen LogP contribution in [0.15, 0.2) is 29.3 Å². The molecule has 0 amide bonds. The zero-order valence-corrected chi connectivity index (χ0v) is 19.9. The summed E-state index contributed by atoms with van der Waals surface area (Å²) in [4.78, 5) is 6.59. The van der Waals surface area contributed by atoms with E-state index in [1.807, 2.05) is 0 Å². The predicted molar refractivity (Wildman–Crippen MR) is 126 cm³/mol. The Kier molecular flexibility index (Phi) is 13.5. The minimum absolute atomic E-state index is 0. The van der Waals surface area contributed by atoms with Gasteiger partial charge in [0.15, 0.2) is 5.96 Å². The van der Waals surface area contributed by atoms with Gasteiger partial charge in [-0.15, -0.1) is 24.0 Å². The van der Waals surface area contributed by atoms with Crippen molar-refractivity contribution in [2.45, 2.75) is 45.4 Å². The van der Waals surface area contributed by atoms with E-state index in [0.29, 0.717) is 6.10 Å². The maximum absolute atomic E-state index is 5.69. The lowest BCUT2D eigenvalue weighted by Crippen LogP contribution is -2.37. The number of benzene rings is 1. The third kappa shape index (κ3) is 10.0. The van der Waals surface area contributed by atoms with Gasteiger partial charge in [0.2, 0.25) is 0 Å². The van der Waals surface area contributed by atoms with E-state index in [9.17, 15) is 0 Å². The highest BCUT2D eigenvalue weighted by molar-refractivity contribution is 14.0. The minimum atomic E-state index is 0. The van der Waals surface area contributed by atoms with Gasteiger partial charge < -0.3 is 25.0 Å². The Hall–Kier alpha value is -0.900. The molecule has 1 aromatic carbocycles. The van der Waals surface area contributed by atoms with E-state index >= 15 is 0 Å². The Morgan fingerprint density at radius 2 is 2.14 bits per heavy atom. The van der Waals surface area contributed by atoms with Crippen LogP contribution in [-0.2, 0) is 22.6 Å². The van der Waals surface area contributed by atoms with Gasteiger partial charge in [-0.3, -0.25) is 4.99 Å². The molecule has 2 rings (SSSR count). The quantitative estimate of drug-likeness (QED) is 0.210. The molecular weight excluding hydrogens is 467 g/mol. The maximum Gasteiger partial charge on any atom is 0.191 e. The molecule has 0 saturated carbocycles. The SMILES string of the molecule is CCN(C)Cc1cccc(CNC(=NC)NCCCOCC2CCCO2)c1.I. The van der Waals surface area contributed by atoms with Crippen LogP contribution in [0, 0.1) is 0 Å². The average molecular weight is 504 g/mol. The molecule has 1 saturated heterocycles. The van der Waals surface area contributed by atoms with Crippen LogP contribution >= 0.6 is 24.0 Å². The van der Waals surface area contributed by atoms with Crippen molar-refractivity contribution >= 4 is 29.9 Å². The summed E-state index contributed by atoms with van der Waals surface area (Å²) in [5.41, 5.74) is 2.60. The summed E-state index contributed by atoms with van der Waals surface area (Å²) in [6, 6.07) is 8.71. The Balaban J connectivity index is 0.00000392. The highest BCUT2D eigenvalue weighted by Crippen LogP contribution is 2.11. The summed E-state index contributed by atoms with van der Waals surface area (Å²) in [6.45, 7) is 8.16. The van der Waals surface area contributed by atoms with Crippen LogP contribution in [0.1, 0.15) is 37.3 Å². The van der Waals surface area contributed by atoms with Crippen molar-refractivity contribution in [3.8, 4) is 0 Å². The Morgan fingerprint density at radius 1 is 1.32 bits per heavy atom. The third-order valence-electron chi connectivity index (χ3n) is 4.75. The van der Waals surface area contributed by atoms with Crippen molar-refractivity contribution in [3.05, 3.63) is 35.4 Å². The fraction of sp³-hybridized carbons (Fsp3) is 0.667. The van der Waals surface area contributed by atoms with E-state index in [2.05, 4.69) is 58.8 Å². The molecule has 6 nitrogen and oxygen atoms in total. The van der Waals surface area contributed by atoms with Crippen LogP contribution in [0.3, 0.4) is 0 Å². The van der Waals surface area contributed by atoms with Gasteiger partial charge in [0.1, 0.15) is 0 Å². The molecule has 0 aliphatic carbocycles. The molecule has 0 spiro atoms. The second-order valence-corrected chi connectivity index (χ2v) is 7.07. The molecule has 1 heterocycles. The molecule has 0 radical (unpaired) electrons. The molecule has 7 heteroatoms. The highest BCUT2D eigenvalue weighted by atomic mass is 127. The van der Waals surface area contributed by atoms with E-state index in [4.69, 9.17) is 9.47 Å². The number of nitrogens with one attached hydrogen (secondary N) is 2. The van der Waals surface area contributed by atoms with Crippen molar-refractivity contribution in [2.75, 3.05) is 47.0 Å². The smallest absolute Gasteiger partial charge is 0.191 e. The van der Waals surface area contributed by atoms with E-state index < -0.39 is 0 Å². The van der Waals surface area contributed by atoms with Crippen molar-refractivity contribution in [1.29, 1.82) is 0 Å². The standard InChI is InChI=1S/C21H36N4O2.HI/c1-4-25(3)16-19-9-5-8-18(14-19)15-24-21(22-2)23-11-7-12-26-17-20-10-6-13-27-20;/h5,8-9,14,20H,4,6-7,10-13,15-17H2,1-3H3,(H2,22,23,24);1H. The number of hydrogen-bond acceptors (Lipinski definition) is 4. The third-order valence-corrected chi connectivity index (χ3v) is 4.75. The molecule has 160 valence electrons. The Morgan fingerprint density at radius 3 is 2.86 bits per heavy atom. The number of halogens is 1. The van der Waals surface area contributed by atoms with E-state index in [1.54, 1.807) is 7.05 Å². The van der Waals surface area contributed by atoms with Crippen molar-refractivity contribution in [2.24, 2.45) is 4.99 Å². The molecule has 0 aromatic heterocycles. The normalized spacial score (nSPS) is 16.9. The second kappa shape index (κ2) is 15.0. The van der Waals surface area contributed by atoms with Gasteiger partial charge in [0.25, 0.3) is 0 Å². The molecule has 28 heavy (non-hydrogen) atoms. The Bertz CT molecular complexity index is 565. The minimum Gasteiger partial charge on any atom is -0.379 e. The van der Waals surface area contributed by atoms with Crippen molar-refractivity contribution in [1.82, 2.24) is 15.5 Å². The van der Waals surface area contributed by atoms with Crippen LogP contribution in [-0.4, -0.2) is 64.0 Å². The monoisotopic (exact) mass is 504 g/mol. The van der Waals surface area contributed by atoms with Gasteiger partial charge in [-0.1, -0.05) is 31.2 Å².